The zero-order chi connectivity index (χ0) is 14.8. The van der Waals surface area contributed by atoms with Crippen molar-refractivity contribution in [2.75, 3.05) is 19.6 Å². The summed E-state index contributed by atoms with van der Waals surface area (Å²) in [6.07, 6.45) is 2.65. The highest BCUT2D eigenvalue weighted by Crippen LogP contribution is 2.38. The van der Waals surface area contributed by atoms with Crippen molar-refractivity contribution in [1.82, 2.24) is 10.2 Å². The average molecular weight is 290 g/mol. The lowest BCUT2D eigenvalue weighted by molar-refractivity contribution is -0.137. The maximum absolute atomic E-state index is 14.1. The Hall–Kier alpha value is -1.42. The van der Waals surface area contributed by atoms with Crippen LogP contribution in [0.4, 0.5) is 4.39 Å². The van der Waals surface area contributed by atoms with Gasteiger partial charge in [0.15, 0.2) is 0 Å². The van der Waals surface area contributed by atoms with Gasteiger partial charge in [-0.25, -0.2) is 4.39 Å². The fourth-order valence-electron chi connectivity index (χ4n) is 3.63. The summed E-state index contributed by atoms with van der Waals surface area (Å²) in [5.41, 5.74) is 0.670. The van der Waals surface area contributed by atoms with Gasteiger partial charge in [0.2, 0.25) is 5.91 Å². The molecule has 3 nitrogen and oxygen atoms in total. The molecule has 0 spiro atoms. The van der Waals surface area contributed by atoms with Crippen LogP contribution in [0.5, 0.6) is 0 Å². The Balaban J connectivity index is 1.82. The Morgan fingerprint density at radius 1 is 1.29 bits per heavy atom. The molecule has 21 heavy (non-hydrogen) atoms. The van der Waals surface area contributed by atoms with Crippen molar-refractivity contribution in [2.24, 2.45) is 11.8 Å². The summed E-state index contributed by atoms with van der Waals surface area (Å²) < 4.78 is 14.1. The van der Waals surface area contributed by atoms with Crippen LogP contribution in [0.3, 0.4) is 0 Å². The Morgan fingerprint density at radius 2 is 2.00 bits per heavy atom. The van der Waals surface area contributed by atoms with Crippen molar-refractivity contribution in [2.45, 2.75) is 32.2 Å². The lowest BCUT2D eigenvalue weighted by atomic mass is 9.95. The summed E-state index contributed by atoms with van der Waals surface area (Å²) in [6.45, 7) is 4.71. The second-order valence-electron chi connectivity index (χ2n) is 6.39. The van der Waals surface area contributed by atoms with Gasteiger partial charge in [-0.2, -0.15) is 0 Å². The highest BCUT2D eigenvalue weighted by molar-refractivity contribution is 5.79. The van der Waals surface area contributed by atoms with Gasteiger partial charge in [0, 0.05) is 18.0 Å². The van der Waals surface area contributed by atoms with E-state index in [1.54, 1.807) is 6.07 Å². The van der Waals surface area contributed by atoms with Crippen LogP contribution in [-0.4, -0.2) is 30.4 Å². The molecule has 0 saturated carbocycles. The van der Waals surface area contributed by atoms with Gasteiger partial charge < -0.3 is 10.2 Å². The molecule has 1 amide bonds. The molecule has 0 radical (unpaired) electrons. The molecule has 2 fully saturated rings. The lowest BCUT2D eigenvalue weighted by Gasteiger charge is -2.31. The molecule has 2 atom stereocenters. The summed E-state index contributed by atoms with van der Waals surface area (Å²) in [7, 11) is 0. The van der Waals surface area contributed by atoms with Gasteiger partial charge in [-0.3, -0.25) is 4.79 Å². The van der Waals surface area contributed by atoms with Crippen LogP contribution < -0.4 is 5.32 Å². The molecule has 2 saturated heterocycles. The zero-order valence-electron chi connectivity index (χ0n) is 12.5. The fraction of sp³-hybridized carbons (Fsp3) is 0.588. The van der Waals surface area contributed by atoms with Gasteiger partial charge in [-0.05, 0) is 44.3 Å². The Morgan fingerprint density at radius 3 is 2.71 bits per heavy atom. The first-order chi connectivity index (χ1) is 10.2. The number of halogens is 1. The first-order valence-electron chi connectivity index (χ1n) is 7.92. The third-order valence-corrected chi connectivity index (χ3v) is 4.75. The number of amides is 1. The Labute approximate surface area is 125 Å². The van der Waals surface area contributed by atoms with Crippen LogP contribution in [-0.2, 0) is 4.79 Å². The quantitative estimate of drug-likeness (QED) is 0.908. The van der Waals surface area contributed by atoms with E-state index in [2.05, 4.69) is 12.2 Å². The molecule has 0 unspecified atom stereocenters. The average Bonchev–Trinajstić information content (AvgIpc) is 2.89. The molecule has 2 heterocycles. The van der Waals surface area contributed by atoms with Crippen molar-refractivity contribution in [1.29, 1.82) is 0 Å². The Bertz CT molecular complexity index is 513. The van der Waals surface area contributed by atoms with Crippen molar-refractivity contribution in [3.8, 4) is 0 Å². The number of carbonyl (C=O) groups is 1. The minimum atomic E-state index is -0.195. The van der Waals surface area contributed by atoms with Crippen molar-refractivity contribution < 1.29 is 9.18 Å². The summed E-state index contributed by atoms with van der Waals surface area (Å²) >= 11 is 0. The topological polar surface area (TPSA) is 32.3 Å². The maximum atomic E-state index is 14.1. The predicted molar refractivity (Wildman–Crippen MR) is 80.2 cm³/mol. The summed E-state index contributed by atoms with van der Waals surface area (Å²) in [5.74, 6) is 0.555. The van der Waals surface area contributed by atoms with E-state index >= 15 is 0 Å². The molecule has 2 aliphatic heterocycles. The zero-order valence-corrected chi connectivity index (χ0v) is 12.5. The standard InChI is InChI=1S/C17H23FN2O/c1-12-10-16(14-4-2-3-5-15(14)18)20(11-12)17(21)13-6-8-19-9-7-13/h2-5,12-13,16,19H,6-11H2,1H3/t12-,16-/m1/s1. The van der Waals surface area contributed by atoms with Gasteiger partial charge in [0.05, 0.1) is 6.04 Å². The number of rotatable bonds is 2. The number of carbonyl (C=O) groups excluding carboxylic acids is 1. The fourth-order valence-corrected chi connectivity index (χ4v) is 3.63. The van der Waals surface area contributed by atoms with Gasteiger partial charge in [0.25, 0.3) is 0 Å². The van der Waals surface area contributed by atoms with Gasteiger partial charge in [0.1, 0.15) is 5.82 Å². The smallest absolute Gasteiger partial charge is 0.226 e. The number of nitrogens with one attached hydrogen (secondary N) is 1. The van der Waals surface area contributed by atoms with Crippen LogP contribution in [0, 0.1) is 17.7 Å². The minimum absolute atomic E-state index is 0.0939. The minimum Gasteiger partial charge on any atom is -0.335 e. The SMILES string of the molecule is C[C@@H]1C[C@H](c2ccccc2F)N(C(=O)C2CCNCC2)C1. The molecule has 1 N–H and O–H groups in total. The number of likely N-dealkylation sites (tertiary alicyclic amines) is 1. The van der Waals surface area contributed by atoms with E-state index in [-0.39, 0.29) is 23.7 Å². The third-order valence-electron chi connectivity index (χ3n) is 4.75. The van der Waals surface area contributed by atoms with Crippen LogP contribution in [0.15, 0.2) is 24.3 Å². The molecule has 2 aliphatic rings. The monoisotopic (exact) mass is 290 g/mol. The normalized spacial score (nSPS) is 27.0. The van der Waals surface area contributed by atoms with Crippen LogP contribution >= 0.6 is 0 Å². The second kappa shape index (κ2) is 6.14. The molecular weight excluding hydrogens is 267 g/mol. The van der Waals surface area contributed by atoms with E-state index in [0.717, 1.165) is 38.9 Å². The molecule has 114 valence electrons. The highest BCUT2D eigenvalue weighted by atomic mass is 19.1. The molecule has 3 rings (SSSR count). The van der Waals surface area contributed by atoms with Crippen LogP contribution in [0.2, 0.25) is 0 Å². The molecular formula is C17H23FN2O. The first-order valence-corrected chi connectivity index (χ1v) is 7.92. The summed E-state index contributed by atoms with van der Waals surface area (Å²) in [5, 5.41) is 3.29. The van der Waals surface area contributed by atoms with E-state index in [0.29, 0.717) is 11.5 Å². The molecule has 1 aromatic rings. The number of hydrogen-bond donors (Lipinski definition) is 1. The number of benzene rings is 1. The van der Waals surface area contributed by atoms with Gasteiger partial charge >= 0.3 is 0 Å². The second-order valence-corrected chi connectivity index (χ2v) is 6.39. The summed E-state index contributed by atoms with van der Waals surface area (Å²) in [6, 6.07) is 6.78. The third kappa shape index (κ3) is 2.95. The largest absolute Gasteiger partial charge is 0.335 e. The molecule has 4 heteroatoms. The van der Waals surface area contributed by atoms with Gasteiger partial charge in [-0.15, -0.1) is 0 Å². The first kappa shape index (κ1) is 14.5. The van der Waals surface area contributed by atoms with Crippen molar-refractivity contribution in [3.63, 3.8) is 0 Å². The van der Waals surface area contributed by atoms with Crippen molar-refractivity contribution >= 4 is 5.91 Å². The van der Waals surface area contributed by atoms with Crippen LogP contribution in [0.25, 0.3) is 0 Å². The summed E-state index contributed by atoms with van der Waals surface area (Å²) in [4.78, 5) is 14.7. The predicted octanol–water partition coefficient (Wildman–Crippen LogP) is 2.73. The van der Waals surface area contributed by atoms with E-state index in [1.165, 1.54) is 6.07 Å². The lowest BCUT2D eigenvalue weighted by Crippen LogP contribution is -2.41. The molecule has 1 aromatic carbocycles. The number of nitrogens with zero attached hydrogens (tertiary/aromatic N) is 1. The number of piperidine rings is 1. The number of hydrogen-bond acceptors (Lipinski definition) is 2. The van der Waals surface area contributed by atoms with E-state index < -0.39 is 0 Å². The van der Waals surface area contributed by atoms with E-state index in [4.69, 9.17) is 0 Å². The molecule has 0 aliphatic carbocycles. The van der Waals surface area contributed by atoms with Crippen LogP contribution in [0.1, 0.15) is 37.8 Å². The van der Waals surface area contributed by atoms with Crippen molar-refractivity contribution in [3.05, 3.63) is 35.6 Å². The van der Waals surface area contributed by atoms with E-state index in [1.807, 2.05) is 17.0 Å². The highest BCUT2D eigenvalue weighted by Gasteiger charge is 2.38. The van der Waals surface area contributed by atoms with E-state index in [9.17, 15) is 9.18 Å². The molecule has 0 bridgehead atoms. The Kier molecular flexibility index (Phi) is 4.24. The van der Waals surface area contributed by atoms with Gasteiger partial charge in [-0.1, -0.05) is 25.1 Å². The molecule has 0 aromatic heterocycles. The maximum Gasteiger partial charge on any atom is 0.226 e.